The number of carbonyl (C=O) groups excluding carboxylic acids is 1. The van der Waals surface area contributed by atoms with Crippen molar-refractivity contribution in [1.82, 2.24) is 10.3 Å². The number of amides is 1. The quantitative estimate of drug-likeness (QED) is 0.817. The van der Waals surface area contributed by atoms with Crippen LogP contribution in [0.5, 0.6) is 0 Å². The van der Waals surface area contributed by atoms with Crippen LogP contribution in [0.4, 0.5) is 13.2 Å². The number of carbonyl (C=O) groups is 1. The van der Waals surface area contributed by atoms with E-state index in [4.69, 9.17) is 0 Å². The molecule has 1 heterocycles. The van der Waals surface area contributed by atoms with Crippen molar-refractivity contribution in [2.45, 2.75) is 51.2 Å². The fourth-order valence-corrected chi connectivity index (χ4v) is 4.18. The molecule has 0 spiro atoms. The number of nitrogens with one attached hydrogen (secondary N) is 1. The minimum atomic E-state index is -4.18. The molecule has 0 unspecified atom stereocenters. The van der Waals surface area contributed by atoms with E-state index in [2.05, 4.69) is 10.3 Å². The first-order valence-electron chi connectivity index (χ1n) is 8.69. The Morgan fingerprint density at radius 3 is 2.88 bits per heavy atom. The molecule has 26 heavy (non-hydrogen) atoms. The van der Waals surface area contributed by atoms with Gasteiger partial charge in [-0.1, -0.05) is 30.2 Å². The molecule has 1 aliphatic rings. The van der Waals surface area contributed by atoms with Gasteiger partial charge in [-0.25, -0.2) is 4.98 Å². The topological polar surface area (TPSA) is 42.0 Å². The molecule has 1 aromatic carbocycles. The normalized spacial score (nSPS) is 20.8. The van der Waals surface area contributed by atoms with Crippen LogP contribution in [0.25, 0.3) is 10.6 Å². The predicted octanol–water partition coefficient (Wildman–Crippen LogP) is 4.90. The highest BCUT2D eigenvalue weighted by atomic mass is 32.1. The number of rotatable bonds is 4. The third-order valence-corrected chi connectivity index (χ3v) is 5.60. The first-order chi connectivity index (χ1) is 12.3. The fraction of sp³-hybridized carbons (Fsp3) is 0.474. The molecular weight excluding hydrogens is 361 g/mol. The van der Waals surface area contributed by atoms with E-state index in [9.17, 15) is 18.0 Å². The van der Waals surface area contributed by atoms with Crippen LogP contribution < -0.4 is 5.32 Å². The molecule has 1 saturated carbocycles. The zero-order valence-corrected chi connectivity index (χ0v) is 15.3. The molecule has 3 nitrogen and oxygen atoms in total. The van der Waals surface area contributed by atoms with E-state index < -0.39 is 18.1 Å². The van der Waals surface area contributed by atoms with Crippen LogP contribution in [-0.4, -0.2) is 23.1 Å². The van der Waals surface area contributed by atoms with Gasteiger partial charge in [0.15, 0.2) is 0 Å². The minimum Gasteiger partial charge on any atom is -0.353 e. The molecule has 1 fully saturated rings. The summed E-state index contributed by atoms with van der Waals surface area (Å²) in [6.07, 6.45) is -2.87. The second-order valence-electron chi connectivity index (χ2n) is 6.86. The first-order valence-corrected chi connectivity index (χ1v) is 9.57. The SMILES string of the molecule is Cc1cccc(-c2nc(CC(=O)N[C@@H]3CCC[C@H](C(F)(F)F)C3)cs2)c1. The fourth-order valence-electron chi connectivity index (χ4n) is 3.36. The Morgan fingerprint density at radius 1 is 1.35 bits per heavy atom. The number of nitrogens with zero attached hydrogens (tertiary/aromatic N) is 1. The highest BCUT2D eigenvalue weighted by Crippen LogP contribution is 2.37. The molecule has 2 aromatic rings. The van der Waals surface area contributed by atoms with Gasteiger partial charge in [-0.15, -0.1) is 11.3 Å². The lowest BCUT2D eigenvalue weighted by Gasteiger charge is -2.31. The Labute approximate surface area is 154 Å². The van der Waals surface area contributed by atoms with Gasteiger partial charge in [-0.2, -0.15) is 13.2 Å². The molecule has 0 aliphatic heterocycles. The van der Waals surface area contributed by atoms with Gasteiger partial charge >= 0.3 is 6.18 Å². The lowest BCUT2D eigenvalue weighted by Crippen LogP contribution is -2.42. The summed E-state index contributed by atoms with van der Waals surface area (Å²) in [7, 11) is 0. The summed E-state index contributed by atoms with van der Waals surface area (Å²) in [6, 6.07) is 7.55. The zero-order valence-electron chi connectivity index (χ0n) is 14.5. The average Bonchev–Trinajstić information content (AvgIpc) is 3.02. The Morgan fingerprint density at radius 2 is 2.15 bits per heavy atom. The number of hydrogen-bond donors (Lipinski definition) is 1. The van der Waals surface area contributed by atoms with Crippen molar-refractivity contribution in [3.8, 4) is 10.6 Å². The standard InChI is InChI=1S/C19H21F3N2OS/c1-12-4-2-5-13(8-12)18-24-16(11-26-18)10-17(25)23-15-7-3-6-14(9-15)19(20,21)22/h2,4-5,8,11,14-15H,3,6-7,9-10H2,1H3,(H,23,25)/t14-,15+/m0/s1. The molecule has 0 saturated heterocycles. The highest BCUT2D eigenvalue weighted by molar-refractivity contribution is 7.13. The van der Waals surface area contributed by atoms with E-state index in [1.807, 2.05) is 36.6 Å². The summed E-state index contributed by atoms with van der Waals surface area (Å²) in [6.45, 7) is 2.00. The Hall–Kier alpha value is -1.89. The molecule has 0 bridgehead atoms. The van der Waals surface area contributed by atoms with Crippen LogP contribution in [-0.2, 0) is 11.2 Å². The van der Waals surface area contributed by atoms with Gasteiger partial charge in [0.2, 0.25) is 5.91 Å². The van der Waals surface area contributed by atoms with Crippen molar-refractivity contribution in [3.05, 3.63) is 40.9 Å². The average molecular weight is 382 g/mol. The summed E-state index contributed by atoms with van der Waals surface area (Å²) in [4.78, 5) is 16.7. The molecule has 2 atom stereocenters. The van der Waals surface area contributed by atoms with Crippen molar-refractivity contribution in [1.29, 1.82) is 0 Å². The second kappa shape index (κ2) is 7.78. The largest absolute Gasteiger partial charge is 0.391 e. The van der Waals surface area contributed by atoms with E-state index in [1.54, 1.807) is 0 Å². The van der Waals surface area contributed by atoms with Crippen LogP contribution in [0.15, 0.2) is 29.6 Å². The Balaban J connectivity index is 1.57. The third kappa shape index (κ3) is 4.84. The maximum Gasteiger partial charge on any atom is 0.391 e. The number of halogens is 3. The molecule has 0 radical (unpaired) electrons. The molecule has 1 N–H and O–H groups in total. The van der Waals surface area contributed by atoms with Gasteiger partial charge in [-0.05, 0) is 32.3 Å². The van der Waals surface area contributed by atoms with Gasteiger partial charge in [0.25, 0.3) is 0 Å². The highest BCUT2D eigenvalue weighted by Gasteiger charge is 2.42. The monoisotopic (exact) mass is 382 g/mol. The second-order valence-corrected chi connectivity index (χ2v) is 7.72. The van der Waals surface area contributed by atoms with Gasteiger partial charge in [-0.3, -0.25) is 4.79 Å². The van der Waals surface area contributed by atoms with Crippen molar-refractivity contribution < 1.29 is 18.0 Å². The van der Waals surface area contributed by atoms with Crippen molar-refractivity contribution in [2.24, 2.45) is 5.92 Å². The number of hydrogen-bond acceptors (Lipinski definition) is 3. The molecule has 140 valence electrons. The van der Waals surface area contributed by atoms with E-state index in [0.717, 1.165) is 16.1 Å². The predicted molar refractivity (Wildman–Crippen MR) is 95.9 cm³/mol. The number of alkyl halides is 3. The van der Waals surface area contributed by atoms with Gasteiger partial charge in [0, 0.05) is 17.0 Å². The van der Waals surface area contributed by atoms with E-state index in [0.29, 0.717) is 18.5 Å². The maximum absolute atomic E-state index is 12.9. The number of aromatic nitrogens is 1. The molecule has 1 amide bonds. The lowest BCUT2D eigenvalue weighted by atomic mass is 9.85. The third-order valence-electron chi connectivity index (χ3n) is 4.66. The lowest BCUT2D eigenvalue weighted by molar-refractivity contribution is -0.184. The van der Waals surface area contributed by atoms with Crippen molar-refractivity contribution >= 4 is 17.2 Å². The molecule has 1 aliphatic carbocycles. The van der Waals surface area contributed by atoms with Gasteiger partial charge in [0.1, 0.15) is 5.01 Å². The van der Waals surface area contributed by atoms with Crippen LogP contribution in [0.1, 0.15) is 36.9 Å². The summed E-state index contributed by atoms with van der Waals surface area (Å²) in [5.74, 6) is -1.58. The van der Waals surface area contributed by atoms with Crippen molar-refractivity contribution in [3.63, 3.8) is 0 Å². The smallest absolute Gasteiger partial charge is 0.353 e. The Kier molecular flexibility index (Phi) is 5.65. The number of aryl methyl sites for hydroxylation is 1. The van der Waals surface area contributed by atoms with E-state index in [1.165, 1.54) is 11.3 Å². The summed E-state index contributed by atoms with van der Waals surface area (Å²) in [5, 5.41) is 5.42. The molecule has 1 aromatic heterocycles. The number of thiazole rings is 1. The van der Waals surface area contributed by atoms with Crippen LogP contribution in [0.2, 0.25) is 0 Å². The molecule has 7 heteroatoms. The zero-order chi connectivity index (χ0) is 18.7. The summed E-state index contributed by atoms with van der Waals surface area (Å²) < 4.78 is 38.6. The van der Waals surface area contributed by atoms with Crippen LogP contribution in [0, 0.1) is 12.8 Å². The van der Waals surface area contributed by atoms with E-state index >= 15 is 0 Å². The van der Waals surface area contributed by atoms with Gasteiger partial charge < -0.3 is 5.32 Å². The van der Waals surface area contributed by atoms with Crippen molar-refractivity contribution in [2.75, 3.05) is 0 Å². The van der Waals surface area contributed by atoms with Crippen LogP contribution >= 0.6 is 11.3 Å². The van der Waals surface area contributed by atoms with Gasteiger partial charge in [0.05, 0.1) is 18.0 Å². The number of benzene rings is 1. The first kappa shape index (κ1) is 18.9. The summed E-state index contributed by atoms with van der Waals surface area (Å²) >= 11 is 1.46. The van der Waals surface area contributed by atoms with E-state index in [-0.39, 0.29) is 25.2 Å². The summed E-state index contributed by atoms with van der Waals surface area (Å²) in [5.41, 5.74) is 2.78. The maximum atomic E-state index is 12.9. The molecular formula is C19H21F3N2OS. The van der Waals surface area contributed by atoms with Crippen LogP contribution in [0.3, 0.4) is 0 Å². The Bertz CT molecular complexity index is 772. The minimum absolute atomic E-state index is 0.0269. The molecule has 3 rings (SSSR count).